The van der Waals surface area contributed by atoms with E-state index in [4.69, 9.17) is 0 Å². The molecule has 0 radical (unpaired) electrons. The summed E-state index contributed by atoms with van der Waals surface area (Å²) < 4.78 is 0. The Balaban J connectivity index is 1.53. The second kappa shape index (κ2) is 11.6. The van der Waals surface area contributed by atoms with Crippen molar-refractivity contribution < 1.29 is 9.59 Å². The number of nitrogens with zero attached hydrogens (tertiary/aromatic N) is 2. The van der Waals surface area contributed by atoms with Crippen LogP contribution in [0, 0.1) is 17.3 Å². The van der Waals surface area contributed by atoms with Crippen LogP contribution in [0.1, 0.15) is 83.3 Å². The first kappa shape index (κ1) is 26.4. The number of hydrogen-bond acceptors (Lipinski definition) is 2. The maximum absolute atomic E-state index is 13.7. The van der Waals surface area contributed by atoms with Crippen LogP contribution in [0.15, 0.2) is 60.7 Å². The summed E-state index contributed by atoms with van der Waals surface area (Å²) in [6.07, 6.45) is 5.60. The first-order chi connectivity index (χ1) is 17.3. The van der Waals surface area contributed by atoms with E-state index in [9.17, 15) is 9.59 Å². The van der Waals surface area contributed by atoms with E-state index < -0.39 is 0 Å². The zero-order valence-electron chi connectivity index (χ0n) is 22.7. The van der Waals surface area contributed by atoms with Gasteiger partial charge in [0.2, 0.25) is 11.8 Å². The van der Waals surface area contributed by atoms with Gasteiger partial charge in [-0.1, -0.05) is 81.4 Å². The Morgan fingerprint density at radius 1 is 0.889 bits per heavy atom. The lowest BCUT2D eigenvalue weighted by Crippen LogP contribution is -2.54. The molecule has 2 unspecified atom stereocenters. The quantitative estimate of drug-likeness (QED) is 0.446. The molecule has 2 fully saturated rings. The summed E-state index contributed by atoms with van der Waals surface area (Å²) in [4.78, 5) is 29.6. The van der Waals surface area contributed by atoms with E-state index in [0.717, 1.165) is 51.7 Å². The average molecular weight is 489 g/mol. The minimum Gasteiger partial charge on any atom is -0.343 e. The normalized spacial score (nSPS) is 21.6. The molecule has 2 aliphatic rings. The predicted octanol–water partition coefficient (Wildman–Crippen LogP) is 6.51. The van der Waals surface area contributed by atoms with E-state index in [1.54, 1.807) is 6.92 Å². The lowest BCUT2D eigenvalue weighted by Gasteiger charge is -2.49. The lowest BCUT2D eigenvalue weighted by molar-refractivity contribution is -0.141. The van der Waals surface area contributed by atoms with Crippen LogP contribution in [0.3, 0.4) is 0 Å². The summed E-state index contributed by atoms with van der Waals surface area (Å²) in [5.74, 6) is 1.69. The Hall–Kier alpha value is -2.62. The molecule has 2 atom stereocenters. The van der Waals surface area contributed by atoms with Crippen LogP contribution in [0.25, 0.3) is 0 Å². The van der Waals surface area contributed by atoms with Crippen LogP contribution < -0.4 is 0 Å². The molecule has 0 N–H and O–H groups in total. The van der Waals surface area contributed by atoms with Crippen LogP contribution in [-0.2, 0) is 9.59 Å². The van der Waals surface area contributed by atoms with Crippen LogP contribution >= 0.6 is 0 Å². The standard InChI is InChI=1S/C32H44N2O2/c1-5-32(3,4)29-23-28(31(26-12-8-6-9-13-26)27-14-10-7-11-15-27)18-21-34(29)30(36)22-25-16-19-33(20-17-25)24(2)35/h6-15,25,28-29,31H,5,16-23H2,1-4H3. The minimum absolute atomic E-state index is 0.0598. The fourth-order valence-corrected chi connectivity index (χ4v) is 6.44. The van der Waals surface area contributed by atoms with Gasteiger partial charge in [-0.15, -0.1) is 0 Å². The Morgan fingerprint density at radius 2 is 1.44 bits per heavy atom. The van der Waals surface area contributed by atoms with Crippen LogP contribution in [0.5, 0.6) is 0 Å². The fourth-order valence-electron chi connectivity index (χ4n) is 6.44. The van der Waals surface area contributed by atoms with Crippen LogP contribution in [-0.4, -0.2) is 47.3 Å². The Labute approximate surface area is 218 Å². The maximum Gasteiger partial charge on any atom is 0.223 e. The second-order valence-corrected chi connectivity index (χ2v) is 11.7. The molecule has 194 valence electrons. The minimum atomic E-state index is 0.0598. The fraction of sp³-hybridized carbons (Fsp3) is 0.562. The van der Waals surface area contributed by atoms with E-state index in [1.165, 1.54) is 11.1 Å². The molecule has 2 saturated heterocycles. The highest BCUT2D eigenvalue weighted by atomic mass is 16.2. The maximum atomic E-state index is 13.7. The number of piperidine rings is 2. The van der Waals surface area contributed by atoms with Crippen molar-refractivity contribution in [2.24, 2.45) is 17.3 Å². The molecular weight excluding hydrogens is 444 g/mol. The Bertz CT molecular complexity index is 956. The van der Waals surface area contributed by atoms with E-state index in [-0.39, 0.29) is 17.4 Å². The van der Waals surface area contributed by atoms with Crippen molar-refractivity contribution in [2.45, 2.75) is 78.2 Å². The van der Waals surface area contributed by atoms with Gasteiger partial charge in [-0.05, 0) is 60.5 Å². The SMILES string of the molecule is CCC(C)(C)C1CC(C(c2ccccc2)c2ccccc2)CCN1C(=O)CC1CCN(C(C)=O)CC1. The Kier molecular flexibility index (Phi) is 8.54. The number of carbonyl (C=O) groups excluding carboxylic acids is 2. The summed E-state index contributed by atoms with van der Waals surface area (Å²) in [5.41, 5.74) is 2.81. The summed E-state index contributed by atoms with van der Waals surface area (Å²) in [5, 5.41) is 0. The third kappa shape index (κ3) is 6.02. The van der Waals surface area contributed by atoms with Gasteiger partial charge >= 0.3 is 0 Å². The van der Waals surface area contributed by atoms with E-state index >= 15 is 0 Å². The zero-order chi connectivity index (χ0) is 25.7. The van der Waals surface area contributed by atoms with Crippen molar-refractivity contribution in [1.29, 1.82) is 0 Å². The number of carbonyl (C=O) groups is 2. The zero-order valence-corrected chi connectivity index (χ0v) is 22.7. The summed E-state index contributed by atoms with van der Waals surface area (Å²) in [7, 11) is 0. The van der Waals surface area contributed by atoms with Gasteiger partial charge in [0.05, 0.1) is 0 Å². The highest BCUT2D eigenvalue weighted by Gasteiger charge is 2.42. The van der Waals surface area contributed by atoms with Crippen molar-refractivity contribution in [3.8, 4) is 0 Å². The van der Waals surface area contributed by atoms with Gasteiger partial charge in [0.1, 0.15) is 0 Å². The highest BCUT2D eigenvalue weighted by Crippen LogP contribution is 2.45. The Morgan fingerprint density at radius 3 is 1.94 bits per heavy atom. The summed E-state index contributed by atoms with van der Waals surface area (Å²) in [6, 6.07) is 22.1. The molecule has 36 heavy (non-hydrogen) atoms. The van der Waals surface area contributed by atoms with Crippen LogP contribution in [0.2, 0.25) is 0 Å². The van der Waals surface area contributed by atoms with Crippen molar-refractivity contribution in [2.75, 3.05) is 19.6 Å². The van der Waals surface area contributed by atoms with Gasteiger partial charge < -0.3 is 9.80 Å². The van der Waals surface area contributed by atoms with Gasteiger partial charge in [0, 0.05) is 44.9 Å². The van der Waals surface area contributed by atoms with Gasteiger partial charge in [-0.3, -0.25) is 9.59 Å². The summed E-state index contributed by atoms with van der Waals surface area (Å²) >= 11 is 0. The lowest BCUT2D eigenvalue weighted by atomic mass is 9.68. The molecule has 4 rings (SSSR count). The topological polar surface area (TPSA) is 40.6 Å². The van der Waals surface area contributed by atoms with Crippen molar-refractivity contribution in [3.05, 3.63) is 71.8 Å². The third-order valence-electron chi connectivity index (χ3n) is 9.09. The average Bonchev–Trinajstić information content (AvgIpc) is 2.90. The number of amides is 2. The number of rotatable bonds is 7. The molecule has 2 aliphatic heterocycles. The number of benzene rings is 2. The van der Waals surface area contributed by atoms with E-state index in [0.29, 0.717) is 30.1 Å². The molecule has 4 nitrogen and oxygen atoms in total. The summed E-state index contributed by atoms with van der Waals surface area (Å²) in [6.45, 7) is 11.0. The number of hydrogen-bond donors (Lipinski definition) is 0. The molecule has 0 aliphatic carbocycles. The molecule has 2 amide bonds. The molecule has 4 heteroatoms. The van der Waals surface area contributed by atoms with E-state index in [2.05, 4.69) is 86.3 Å². The predicted molar refractivity (Wildman–Crippen MR) is 147 cm³/mol. The second-order valence-electron chi connectivity index (χ2n) is 11.7. The van der Waals surface area contributed by atoms with Gasteiger partial charge in [-0.25, -0.2) is 0 Å². The largest absolute Gasteiger partial charge is 0.343 e. The van der Waals surface area contributed by atoms with Gasteiger partial charge in [0.15, 0.2) is 0 Å². The molecule has 2 aromatic carbocycles. The van der Waals surface area contributed by atoms with E-state index in [1.807, 2.05) is 4.90 Å². The molecule has 0 spiro atoms. The van der Waals surface area contributed by atoms with Crippen molar-refractivity contribution in [1.82, 2.24) is 9.80 Å². The molecule has 0 saturated carbocycles. The smallest absolute Gasteiger partial charge is 0.223 e. The number of likely N-dealkylation sites (tertiary alicyclic amines) is 2. The first-order valence-corrected chi connectivity index (χ1v) is 13.9. The van der Waals surface area contributed by atoms with Crippen molar-refractivity contribution >= 4 is 11.8 Å². The monoisotopic (exact) mass is 488 g/mol. The first-order valence-electron chi connectivity index (χ1n) is 13.9. The molecule has 2 heterocycles. The molecular formula is C32H44N2O2. The van der Waals surface area contributed by atoms with Crippen molar-refractivity contribution in [3.63, 3.8) is 0 Å². The van der Waals surface area contributed by atoms with Gasteiger partial charge in [-0.2, -0.15) is 0 Å². The van der Waals surface area contributed by atoms with Gasteiger partial charge in [0.25, 0.3) is 0 Å². The third-order valence-corrected chi connectivity index (χ3v) is 9.09. The highest BCUT2D eigenvalue weighted by molar-refractivity contribution is 5.77. The molecule has 2 aromatic rings. The van der Waals surface area contributed by atoms with Crippen LogP contribution in [0.4, 0.5) is 0 Å². The molecule has 0 aromatic heterocycles. The molecule has 0 bridgehead atoms.